The summed E-state index contributed by atoms with van der Waals surface area (Å²) in [5.41, 5.74) is 11.9. The summed E-state index contributed by atoms with van der Waals surface area (Å²) in [4.78, 5) is 15.9. The van der Waals surface area contributed by atoms with Crippen molar-refractivity contribution in [3.63, 3.8) is 0 Å². The summed E-state index contributed by atoms with van der Waals surface area (Å²) in [6.07, 6.45) is 0. The summed E-state index contributed by atoms with van der Waals surface area (Å²) >= 11 is 0. The van der Waals surface area contributed by atoms with Crippen molar-refractivity contribution in [3.05, 3.63) is 231 Å². The van der Waals surface area contributed by atoms with Gasteiger partial charge in [-0.1, -0.05) is 176 Å². The molecule has 0 saturated heterocycles. The van der Waals surface area contributed by atoms with Crippen LogP contribution in [-0.4, -0.2) is 19.5 Å². The second-order valence-electron chi connectivity index (χ2n) is 17.6. The maximum Gasteiger partial charge on any atom is 0.164 e. The summed E-state index contributed by atoms with van der Waals surface area (Å²) in [7, 11) is 0. The Morgan fingerprint density at radius 2 is 0.706 bits per heavy atom. The minimum absolute atomic E-state index is 0.549. The number of nitrogens with zero attached hydrogens (tertiary/aromatic N) is 4. The smallest absolute Gasteiger partial charge is 0.164 e. The molecule has 68 heavy (non-hydrogen) atoms. The molecule has 0 aliphatic carbocycles. The van der Waals surface area contributed by atoms with E-state index >= 15 is 0 Å². The van der Waals surface area contributed by atoms with Gasteiger partial charge in [0.1, 0.15) is 11.2 Å². The fraction of sp³-hybridized carbons (Fsp3) is 0. The Morgan fingerprint density at radius 3 is 1.29 bits per heavy atom. The fourth-order valence-corrected chi connectivity index (χ4v) is 10.2. The maximum atomic E-state index is 6.99. The van der Waals surface area contributed by atoms with E-state index in [1.54, 1.807) is 0 Å². The third-order valence-electron chi connectivity index (χ3n) is 13.5. The first-order chi connectivity index (χ1) is 33.6. The van der Waals surface area contributed by atoms with Gasteiger partial charge >= 0.3 is 0 Å². The lowest BCUT2D eigenvalue weighted by atomic mass is 10.0. The van der Waals surface area contributed by atoms with E-state index in [0.29, 0.717) is 17.5 Å². The molecule has 14 aromatic rings. The maximum absolute atomic E-state index is 6.99. The van der Waals surface area contributed by atoms with Gasteiger partial charge in [-0.05, 0) is 109 Å². The molecule has 0 N–H and O–H groups in total. The Morgan fingerprint density at radius 1 is 0.279 bits per heavy atom. The van der Waals surface area contributed by atoms with E-state index in [-0.39, 0.29) is 0 Å². The summed E-state index contributed by atoms with van der Waals surface area (Å²) in [5.74, 6) is 1.72. The summed E-state index contributed by atoms with van der Waals surface area (Å²) in [5, 5.41) is 11.5. The Hall–Kier alpha value is -9.19. The van der Waals surface area contributed by atoms with E-state index in [0.717, 1.165) is 88.4 Å². The summed E-state index contributed by atoms with van der Waals surface area (Å²) in [6, 6.07) is 81.8. The topological polar surface area (TPSA) is 56.7 Å². The lowest BCUT2D eigenvalue weighted by Crippen LogP contribution is -2.02. The molecule has 0 aliphatic heterocycles. The zero-order chi connectivity index (χ0) is 44.7. The molecule has 0 saturated carbocycles. The Kier molecular flexibility index (Phi) is 8.52. The van der Waals surface area contributed by atoms with Gasteiger partial charge in [0, 0.05) is 32.8 Å². The van der Waals surface area contributed by atoms with Crippen LogP contribution < -0.4 is 0 Å². The molecular weight excluding hydrogens is 829 g/mol. The second-order valence-corrected chi connectivity index (χ2v) is 17.6. The Balaban J connectivity index is 1.06. The van der Waals surface area contributed by atoms with Crippen LogP contribution in [0.15, 0.2) is 235 Å². The second kappa shape index (κ2) is 15.2. The van der Waals surface area contributed by atoms with E-state index in [1.165, 1.54) is 32.3 Å². The summed E-state index contributed by atoms with van der Waals surface area (Å²) < 4.78 is 9.43. The van der Waals surface area contributed by atoms with Crippen molar-refractivity contribution < 1.29 is 4.42 Å². The van der Waals surface area contributed by atoms with Crippen molar-refractivity contribution in [3.8, 4) is 62.1 Å². The number of furan rings is 1. The van der Waals surface area contributed by atoms with Crippen LogP contribution in [0, 0.1) is 0 Å². The van der Waals surface area contributed by atoms with Gasteiger partial charge in [-0.2, -0.15) is 0 Å². The van der Waals surface area contributed by atoms with Crippen molar-refractivity contribution in [1.29, 1.82) is 0 Å². The van der Waals surface area contributed by atoms with Crippen LogP contribution in [0.4, 0.5) is 0 Å². The number of fused-ring (bicyclic) bond motifs is 9. The first-order valence-electron chi connectivity index (χ1n) is 23.0. The highest BCUT2D eigenvalue weighted by Crippen LogP contribution is 2.44. The quantitative estimate of drug-likeness (QED) is 0.167. The minimum Gasteiger partial charge on any atom is -0.456 e. The van der Waals surface area contributed by atoms with Gasteiger partial charge in [-0.3, -0.25) is 0 Å². The molecule has 0 spiro atoms. The van der Waals surface area contributed by atoms with Gasteiger partial charge in [0.25, 0.3) is 0 Å². The van der Waals surface area contributed by atoms with Crippen molar-refractivity contribution in [1.82, 2.24) is 19.5 Å². The van der Waals surface area contributed by atoms with Crippen LogP contribution in [0.3, 0.4) is 0 Å². The van der Waals surface area contributed by atoms with E-state index < -0.39 is 0 Å². The van der Waals surface area contributed by atoms with Gasteiger partial charge in [-0.15, -0.1) is 0 Å². The molecule has 0 aliphatic rings. The lowest BCUT2D eigenvalue weighted by Gasteiger charge is -2.14. The molecule has 5 nitrogen and oxygen atoms in total. The average Bonchev–Trinajstić information content (AvgIpc) is 3.92. The van der Waals surface area contributed by atoms with Gasteiger partial charge < -0.3 is 8.98 Å². The van der Waals surface area contributed by atoms with Gasteiger partial charge in [0.15, 0.2) is 17.5 Å². The van der Waals surface area contributed by atoms with Crippen LogP contribution in [0.2, 0.25) is 0 Å². The molecule has 316 valence electrons. The largest absolute Gasteiger partial charge is 0.456 e. The zero-order valence-electron chi connectivity index (χ0n) is 36.6. The van der Waals surface area contributed by atoms with Gasteiger partial charge in [-0.25, -0.2) is 15.0 Å². The third-order valence-corrected chi connectivity index (χ3v) is 13.5. The highest BCUT2D eigenvalue weighted by atomic mass is 16.3. The molecule has 3 aromatic heterocycles. The van der Waals surface area contributed by atoms with Crippen molar-refractivity contribution in [2.45, 2.75) is 0 Å². The SMILES string of the molecule is c1ccc(-c2ccc(-c3nc(-c4cccc(-c5ccccc5)c4)nc(-c4cc(-n5c6cc7ccccc7cc6c6cc7ccccc7cc65)c5c(c4)oc4cc6ccccc6cc45)n3)cc2)cc1. The number of benzene rings is 11. The molecular formula is C63H38N4O. The molecule has 0 fully saturated rings. The predicted molar refractivity (Wildman–Crippen MR) is 281 cm³/mol. The van der Waals surface area contributed by atoms with Crippen LogP contribution in [0.5, 0.6) is 0 Å². The van der Waals surface area contributed by atoms with Gasteiger partial charge in [0.05, 0.1) is 22.1 Å². The number of hydrogen-bond acceptors (Lipinski definition) is 4. The van der Waals surface area contributed by atoms with E-state index in [1.807, 2.05) is 12.1 Å². The number of aromatic nitrogens is 4. The zero-order valence-corrected chi connectivity index (χ0v) is 36.6. The third kappa shape index (κ3) is 6.28. The molecule has 3 heterocycles. The molecule has 14 rings (SSSR count). The number of rotatable bonds is 6. The lowest BCUT2D eigenvalue weighted by molar-refractivity contribution is 0.669. The van der Waals surface area contributed by atoms with Crippen LogP contribution in [0.25, 0.3) is 138 Å². The Bertz CT molecular complexity index is 4210. The molecule has 0 bridgehead atoms. The molecule has 0 radical (unpaired) electrons. The minimum atomic E-state index is 0.549. The van der Waals surface area contributed by atoms with E-state index in [4.69, 9.17) is 19.4 Å². The monoisotopic (exact) mass is 866 g/mol. The normalized spacial score (nSPS) is 11.8. The molecule has 0 amide bonds. The van der Waals surface area contributed by atoms with E-state index in [2.05, 4.69) is 223 Å². The van der Waals surface area contributed by atoms with Crippen molar-refractivity contribution >= 4 is 76.1 Å². The molecule has 11 aromatic carbocycles. The van der Waals surface area contributed by atoms with Crippen LogP contribution in [0.1, 0.15) is 0 Å². The Labute approximate surface area is 390 Å². The highest BCUT2D eigenvalue weighted by molar-refractivity contribution is 6.20. The average molecular weight is 867 g/mol. The number of hydrogen-bond donors (Lipinski definition) is 0. The first kappa shape index (κ1) is 38.1. The van der Waals surface area contributed by atoms with Crippen molar-refractivity contribution in [2.24, 2.45) is 0 Å². The molecule has 0 atom stereocenters. The molecule has 5 heteroatoms. The molecule has 0 unspecified atom stereocenters. The summed E-state index contributed by atoms with van der Waals surface area (Å²) in [6.45, 7) is 0. The standard InChI is InChI=1S/C63H38N4O/c1-3-14-39(15-4-1)41-26-28-42(29-27-41)61-64-62(50-25-13-24-43(30-50)40-16-5-2-6-17-40)66-63(65-61)51-36-57(60-54-33-46-20-9-12-23-49(46)37-58(54)68-59(60)38-51)67-55-34-47-21-10-7-18-44(47)31-52(55)53-32-45-19-8-11-22-48(45)35-56(53)67/h1-38H. The highest BCUT2D eigenvalue weighted by Gasteiger charge is 2.23. The predicted octanol–water partition coefficient (Wildman–Crippen LogP) is 16.7. The van der Waals surface area contributed by atoms with Gasteiger partial charge in [0.2, 0.25) is 0 Å². The van der Waals surface area contributed by atoms with Crippen LogP contribution in [-0.2, 0) is 0 Å². The first-order valence-corrected chi connectivity index (χ1v) is 23.0. The van der Waals surface area contributed by atoms with Crippen LogP contribution >= 0.6 is 0 Å². The van der Waals surface area contributed by atoms with Crippen molar-refractivity contribution in [2.75, 3.05) is 0 Å². The van der Waals surface area contributed by atoms with E-state index in [9.17, 15) is 0 Å². The fourth-order valence-electron chi connectivity index (χ4n) is 10.2.